The normalized spacial score (nSPS) is 27.8. The summed E-state index contributed by atoms with van der Waals surface area (Å²) in [7, 11) is 1.68. The Morgan fingerprint density at radius 2 is 1.59 bits per heavy atom. The van der Waals surface area contributed by atoms with Crippen molar-refractivity contribution in [2.75, 3.05) is 13.7 Å². The average Bonchev–Trinajstić information content (AvgIpc) is 3.66. The van der Waals surface area contributed by atoms with Gasteiger partial charge in [0.15, 0.2) is 11.6 Å². The molecule has 0 radical (unpaired) electrons. The van der Waals surface area contributed by atoms with Gasteiger partial charge in [-0.05, 0) is 79.5 Å². The van der Waals surface area contributed by atoms with Gasteiger partial charge in [0.25, 0.3) is 0 Å². The van der Waals surface area contributed by atoms with E-state index in [0.717, 1.165) is 49.7 Å². The summed E-state index contributed by atoms with van der Waals surface area (Å²) in [6, 6.07) is 8.96. The lowest BCUT2D eigenvalue weighted by Crippen LogP contribution is -2.15. The van der Waals surface area contributed by atoms with Gasteiger partial charge >= 0.3 is 0 Å². The molecule has 2 aromatic carbocycles. The highest BCUT2D eigenvalue weighted by molar-refractivity contribution is 5.67. The van der Waals surface area contributed by atoms with E-state index in [1.54, 1.807) is 25.3 Å². The van der Waals surface area contributed by atoms with E-state index in [2.05, 4.69) is 0 Å². The van der Waals surface area contributed by atoms with Crippen LogP contribution in [0.3, 0.4) is 0 Å². The van der Waals surface area contributed by atoms with Crippen LogP contribution in [0.2, 0.25) is 0 Å². The first-order valence-electron chi connectivity index (χ1n) is 11.7. The number of hydrogen-bond acceptors (Lipinski definition) is 2. The third kappa shape index (κ3) is 4.25. The van der Waals surface area contributed by atoms with E-state index >= 15 is 4.39 Å². The van der Waals surface area contributed by atoms with Gasteiger partial charge in [0.1, 0.15) is 11.9 Å². The Morgan fingerprint density at radius 1 is 0.875 bits per heavy atom. The van der Waals surface area contributed by atoms with E-state index < -0.39 is 11.6 Å². The number of benzene rings is 2. The summed E-state index contributed by atoms with van der Waals surface area (Å²) in [4.78, 5) is 0. The second-order valence-corrected chi connectivity index (χ2v) is 9.34. The molecule has 0 aromatic heterocycles. The van der Waals surface area contributed by atoms with E-state index in [0.29, 0.717) is 29.7 Å². The van der Waals surface area contributed by atoms with E-state index in [1.165, 1.54) is 0 Å². The first kappa shape index (κ1) is 21.7. The fourth-order valence-electron chi connectivity index (χ4n) is 5.42. The van der Waals surface area contributed by atoms with Gasteiger partial charge in [-0.25, -0.2) is 13.2 Å². The lowest BCUT2D eigenvalue weighted by molar-refractivity contribution is 0.0964. The van der Waals surface area contributed by atoms with Crippen molar-refractivity contribution in [2.45, 2.75) is 69.0 Å². The van der Waals surface area contributed by atoms with Crippen LogP contribution in [0.15, 0.2) is 36.4 Å². The molecule has 2 nitrogen and oxygen atoms in total. The molecule has 1 aliphatic heterocycles. The zero-order valence-corrected chi connectivity index (χ0v) is 18.4. The number of methoxy groups -OCH3 is 1. The molecule has 0 bridgehead atoms. The standard InChI is InChI=1S/C27H29F3O2/c1-31-20-9-6-18(7-10-20)22-13-12-21(26(29)27(22)30)17-4-2-16(3-5-17)19-8-11-23(24(28)14-19)25-15-32-25/h6,8,11-14,16-17,20,25H,2-5,7,9-10,15H2,1H3. The molecule has 2 aliphatic carbocycles. The summed E-state index contributed by atoms with van der Waals surface area (Å²) < 4.78 is 55.0. The molecule has 1 heterocycles. The molecule has 170 valence electrons. The molecule has 3 aliphatic rings. The van der Waals surface area contributed by atoms with Gasteiger partial charge in [-0.3, -0.25) is 0 Å². The number of halogens is 3. The fraction of sp³-hybridized carbons (Fsp3) is 0.481. The minimum atomic E-state index is -0.730. The molecule has 2 fully saturated rings. The minimum absolute atomic E-state index is 0.00279. The second-order valence-electron chi connectivity index (χ2n) is 9.34. The van der Waals surface area contributed by atoms with Crippen molar-refractivity contribution in [1.29, 1.82) is 0 Å². The van der Waals surface area contributed by atoms with E-state index in [4.69, 9.17) is 9.47 Å². The van der Waals surface area contributed by atoms with Crippen LogP contribution in [-0.2, 0) is 9.47 Å². The Kier molecular flexibility index (Phi) is 6.13. The van der Waals surface area contributed by atoms with Crippen LogP contribution in [-0.4, -0.2) is 19.8 Å². The molecule has 0 spiro atoms. The van der Waals surface area contributed by atoms with Crippen molar-refractivity contribution in [3.8, 4) is 0 Å². The van der Waals surface area contributed by atoms with Crippen LogP contribution in [0.5, 0.6) is 0 Å². The lowest BCUT2D eigenvalue weighted by Gasteiger charge is -2.30. The van der Waals surface area contributed by atoms with Crippen LogP contribution in [0.4, 0.5) is 13.2 Å². The van der Waals surface area contributed by atoms with Crippen LogP contribution < -0.4 is 0 Å². The highest BCUT2D eigenvalue weighted by Crippen LogP contribution is 2.43. The molecule has 32 heavy (non-hydrogen) atoms. The largest absolute Gasteiger partial charge is 0.381 e. The van der Waals surface area contributed by atoms with E-state index in [1.807, 2.05) is 18.2 Å². The summed E-state index contributed by atoms with van der Waals surface area (Å²) in [5.74, 6) is -1.39. The molecule has 2 unspecified atom stereocenters. The second kappa shape index (κ2) is 9.03. The number of rotatable bonds is 5. The Bertz CT molecular complexity index is 1020. The van der Waals surface area contributed by atoms with Crippen molar-refractivity contribution in [3.63, 3.8) is 0 Å². The van der Waals surface area contributed by atoms with Gasteiger partial charge < -0.3 is 9.47 Å². The van der Waals surface area contributed by atoms with Crippen molar-refractivity contribution >= 4 is 5.57 Å². The quantitative estimate of drug-likeness (QED) is 0.457. The number of epoxide rings is 1. The SMILES string of the molecule is COC1CC=C(c2ccc(C3CCC(c4ccc(C5CO5)c(F)c4)CC3)c(F)c2F)CC1. The van der Waals surface area contributed by atoms with Crippen molar-refractivity contribution in [3.05, 3.63) is 76.1 Å². The Labute approximate surface area is 187 Å². The van der Waals surface area contributed by atoms with Crippen LogP contribution in [0.25, 0.3) is 5.57 Å². The predicted molar refractivity (Wildman–Crippen MR) is 118 cm³/mol. The van der Waals surface area contributed by atoms with Crippen LogP contribution in [0.1, 0.15) is 85.1 Å². The monoisotopic (exact) mass is 442 g/mol. The van der Waals surface area contributed by atoms with Gasteiger partial charge in [-0.1, -0.05) is 30.3 Å². The summed E-state index contributed by atoms with van der Waals surface area (Å²) in [5.41, 5.74) is 3.34. The highest BCUT2D eigenvalue weighted by atomic mass is 19.2. The van der Waals surface area contributed by atoms with E-state index in [-0.39, 0.29) is 29.9 Å². The Balaban J connectivity index is 1.27. The predicted octanol–water partition coefficient (Wildman–Crippen LogP) is 7.20. The maximum absolute atomic E-state index is 15.1. The summed E-state index contributed by atoms with van der Waals surface area (Å²) in [6.45, 7) is 0.591. The molecule has 0 N–H and O–H groups in total. The first-order valence-corrected chi connectivity index (χ1v) is 11.7. The number of hydrogen-bond donors (Lipinski definition) is 0. The van der Waals surface area contributed by atoms with Gasteiger partial charge in [0.05, 0.1) is 12.7 Å². The lowest BCUT2D eigenvalue weighted by atomic mass is 9.75. The molecule has 5 heteroatoms. The molecular weight excluding hydrogens is 413 g/mol. The van der Waals surface area contributed by atoms with Gasteiger partial charge in [-0.15, -0.1) is 0 Å². The summed E-state index contributed by atoms with van der Waals surface area (Å²) in [6.07, 6.45) is 7.52. The van der Waals surface area contributed by atoms with E-state index in [9.17, 15) is 8.78 Å². The maximum Gasteiger partial charge on any atom is 0.166 e. The molecule has 2 aromatic rings. The first-order chi connectivity index (χ1) is 15.5. The van der Waals surface area contributed by atoms with Crippen LogP contribution in [0, 0.1) is 17.5 Å². The molecule has 5 rings (SSSR count). The zero-order chi connectivity index (χ0) is 22.2. The highest BCUT2D eigenvalue weighted by Gasteiger charge is 2.30. The van der Waals surface area contributed by atoms with Crippen molar-refractivity contribution in [2.24, 2.45) is 0 Å². The molecule has 2 atom stereocenters. The zero-order valence-electron chi connectivity index (χ0n) is 18.4. The average molecular weight is 443 g/mol. The smallest absolute Gasteiger partial charge is 0.166 e. The van der Waals surface area contributed by atoms with Crippen molar-refractivity contribution in [1.82, 2.24) is 0 Å². The van der Waals surface area contributed by atoms with Crippen molar-refractivity contribution < 1.29 is 22.6 Å². The molecule has 0 amide bonds. The topological polar surface area (TPSA) is 21.8 Å². The third-order valence-electron chi connectivity index (χ3n) is 7.50. The third-order valence-corrected chi connectivity index (χ3v) is 7.50. The maximum atomic E-state index is 15.1. The molecule has 1 saturated heterocycles. The molecule has 1 saturated carbocycles. The van der Waals surface area contributed by atoms with Gasteiger partial charge in [0, 0.05) is 18.2 Å². The molecular formula is C27H29F3O2. The van der Waals surface area contributed by atoms with Gasteiger partial charge in [0.2, 0.25) is 0 Å². The van der Waals surface area contributed by atoms with Gasteiger partial charge in [-0.2, -0.15) is 0 Å². The number of allylic oxidation sites excluding steroid dienone is 1. The summed E-state index contributed by atoms with van der Waals surface area (Å²) >= 11 is 0. The number of ether oxygens (including phenoxy) is 2. The Morgan fingerprint density at radius 3 is 2.22 bits per heavy atom. The fourth-order valence-corrected chi connectivity index (χ4v) is 5.42. The minimum Gasteiger partial charge on any atom is -0.381 e. The Hall–Kier alpha value is -2.11. The van der Waals surface area contributed by atoms with Crippen LogP contribution >= 0.6 is 0 Å². The summed E-state index contributed by atoms with van der Waals surface area (Å²) in [5, 5.41) is 0.